The second-order valence-corrected chi connectivity index (χ2v) is 4.42. The summed E-state index contributed by atoms with van der Waals surface area (Å²) in [5.74, 6) is -2.10. The monoisotopic (exact) mass is 265 g/mol. The summed E-state index contributed by atoms with van der Waals surface area (Å²) < 4.78 is 5.22. The van der Waals surface area contributed by atoms with Gasteiger partial charge < -0.3 is 20.5 Å². The van der Waals surface area contributed by atoms with Gasteiger partial charge in [0.05, 0.1) is 19.3 Å². The first-order valence-corrected chi connectivity index (χ1v) is 5.80. The van der Waals surface area contributed by atoms with Gasteiger partial charge >= 0.3 is 5.97 Å². The van der Waals surface area contributed by atoms with Gasteiger partial charge in [0.15, 0.2) is 0 Å². The number of pyridine rings is 1. The summed E-state index contributed by atoms with van der Waals surface area (Å²) in [5, 5.41) is 9.13. The van der Waals surface area contributed by atoms with Crippen LogP contribution >= 0.6 is 0 Å². The van der Waals surface area contributed by atoms with Crippen molar-refractivity contribution in [2.75, 3.05) is 25.2 Å². The lowest BCUT2D eigenvalue weighted by atomic mass is 10.0. The third kappa shape index (κ3) is 2.65. The topological polar surface area (TPSA) is 106 Å². The standard InChI is InChI=1S/C12H15N3O4/c1-15(10-6-19-5-8(10)12(17)18)7-2-3-14-9(4-7)11(13)16/h2-4,8,10H,5-6H2,1H3,(H2,13,16)(H,17,18). The highest BCUT2D eigenvalue weighted by atomic mass is 16.5. The molecule has 0 aromatic carbocycles. The number of hydrogen-bond acceptors (Lipinski definition) is 5. The molecule has 7 nitrogen and oxygen atoms in total. The Balaban J connectivity index is 2.23. The number of nitrogens with zero attached hydrogens (tertiary/aromatic N) is 2. The zero-order valence-corrected chi connectivity index (χ0v) is 10.4. The minimum Gasteiger partial charge on any atom is -0.481 e. The Labute approximate surface area is 110 Å². The van der Waals surface area contributed by atoms with E-state index in [1.165, 1.54) is 6.20 Å². The predicted molar refractivity (Wildman–Crippen MR) is 66.9 cm³/mol. The van der Waals surface area contributed by atoms with Crippen molar-refractivity contribution in [1.29, 1.82) is 0 Å². The average molecular weight is 265 g/mol. The van der Waals surface area contributed by atoms with Gasteiger partial charge in [0, 0.05) is 18.9 Å². The molecule has 2 rings (SSSR count). The van der Waals surface area contributed by atoms with Crippen LogP contribution in [0.2, 0.25) is 0 Å². The van der Waals surface area contributed by atoms with Gasteiger partial charge in [0.1, 0.15) is 11.6 Å². The van der Waals surface area contributed by atoms with Gasteiger partial charge in [-0.2, -0.15) is 0 Å². The van der Waals surface area contributed by atoms with Gasteiger partial charge in [0.2, 0.25) is 0 Å². The fraction of sp³-hybridized carbons (Fsp3) is 0.417. The molecule has 19 heavy (non-hydrogen) atoms. The number of carbonyl (C=O) groups excluding carboxylic acids is 1. The van der Waals surface area contributed by atoms with Crippen molar-refractivity contribution in [1.82, 2.24) is 4.98 Å². The number of primary amides is 1. The number of carboxylic acid groups (broad SMARTS) is 1. The third-order valence-corrected chi connectivity index (χ3v) is 3.27. The summed E-state index contributed by atoms with van der Waals surface area (Å²) in [4.78, 5) is 27.9. The maximum Gasteiger partial charge on any atom is 0.311 e. The predicted octanol–water partition coefficient (Wildman–Crippen LogP) is -0.284. The molecule has 1 saturated heterocycles. The van der Waals surface area contributed by atoms with Crippen LogP contribution in [0.3, 0.4) is 0 Å². The van der Waals surface area contributed by atoms with Crippen LogP contribution < -0.4 is 10.6 Å². The summed E-state index contributed by atoms with van der Waals surface area (Å²) in [5.41, 5.74) is 6.01. The zero-order chi connectivity index (χ0) is 14.0. The minimum atomic E-state index is -0.890. The van der Waals surface area contributed by atoms with E-state index >= 15 is 0 Å². The Hall–Kier alpha value is -2.15. The maximum atomic E-state index is 11.1. The molecule has 2 unspecified atom stereocenters. The highest BCUT2D eigenvalue weighted by Gasteiger charge is 2.36. The second-order valence-electron chi connectivity index (χ2n) is 4.42. The number of hydrogen-bond donors (Lipinski definition) is 2. The van der Waals surface area contributed by atoms with E-state index in [2.05, 4.69) is 4.98 Å². The highest BCUT2D eigenvalue weighted by molar-refractivity contribution is 5.91. The van der Waals surface area contributed by atoms with E-state index in [1.54, 1.807) is 24.1 Å². The van der Waals surface area contributed by atoms with Crippen LogP contribution in [0.25, 0.3) is 0 Å². The summed E-state index contributed by atoms with van der Waals surface area (Å²) in [6.45, 7) is 0.528. The molecule has 3 N–H and O–H groups in total. The van der Waals surface area contributed by atoms with Gasteiger partial charge in [-0.25, -0.2) is 0 Å². The smallest absolute Gasteiger partial charge is 0.311 e. The summed E-state index contributed by atoms with van der Waals surface area (Å²) in [6.07, 6.45) is 1.47. The lowest BCUT2D eigenvalue weighted by Crippen LogP contribution is -2.41. The minimum absolute atomic E-state index is 0.148. The van der Waals surface area contributed by atoms with Gasteiger partial charge in [-0.3, -0.25) is 14.6 Å². The summed E-state index contributed by atoms with van der Waals surface area (Å²) >= 11 is 0. The molecule has 0 bridgehead atoms. The van der Waals surface area contributed by atoms with Crippen molar-refractivity contribution in [3.63, 3.8) is 0 Å². The van der Waals surface area contributed by atoms with E-state index in [0.29, 0.717) is 12.3 Å². The number of carbonyl (C=O) groups is 2. The number of anilines is 1. The number of likely N-dealkylation sites (N-methyl/N-ethyl adjacent to an activating group) is 1. The van der Waals surface area contributed by atoms with Crippen LogP contribution in [0.15, 0.2) is 18.3 Å². The fourth-order valence-electron chi connectivity index (χ4n) is 2.13. The fourth-order valence-corrected chi connectivity index (χ4v) is 2.13. The van der Waals surface area contributed by atoms with Gasteiger partial charge in [-0.1, -0.05) is 0 Å². The zero-order valence-electron chi connectivity index (χ0n) is 10.4. The van der Waals surface area contributed by atoms with Crippen LogP contribution in [0, 0.1) is 5.92 Å². The van der Waals surface area contributed by atoms with Crippen molar-refractivity contribution >= 4 is 17.6 Å². The van der Waals surface area contributed by atoms with E-state index in [9.17, 15) is 9.59 Å². The Kier molecular flexibility index (Phi) is 3.66. The quantitative estimate of drug-likeness (QED) is 0.775. The molecule has 1 aromatic heterocycles. The molecule has 1 aromatic rings. The number of aromatic nitrogens is 1. The SMILES string of the molecule is CN(c1ccnc(C(N)=O)c1)C1COCC1C(=O)O. The summed E-state index contributed by atoms with van der Waals surface area (Å²) in [7, 11) is 1.76. The molecule has 0 spiro atoms. The Morgan fingerprint density at radius 1 is 1.53 bits per heavy atom. The molecule has 2 atom stereocenters. The van der Waals surface area contributed by atoms with Crippen LogP contribution in [-0.4, -0.2) is 48.3 Å². The Bertz CT molecular complexity index is 506. The number of ether oxygens (including phenoxy) is 1. The first-order valence-electron chi connectivity index (χ1n) is 5.80. The van der Waals surface area contributed by atoms with Crippen molar-refractivity contribution in [2.24, 2.45) is 11.7 Å². The van der Waals surface area contributed by atoms with Crippen LogP contribution in [-0.2, 0) is 9.53 Å². The number of nitrogens with two attached hydrogens (primary N) is 1. The highest BCUT2D eigenvalue weighted by Crippen LogP contribution is 2.24. The van der Waals surface area contributed by atoms with Crippen LogP contribution in [0.1, 0.15) is 10.5 Å². The second kappa shape index (κ2) is 5.23. The number of rotatable bonds is 4. The molecule has 1 fully saturated rings. The van der Waals surface area contributed by atoms with Crippen molar-refractivity contribution < 1.29 is 19.4 Å². The average Bonchev–Trinajstić information content (AvgIpc) is 2.87. The molecular formula is C12H15N3O4. The molecular weight excluding hydrogens is 250 g/mol. The molecule has 1 amide bonds. The van der Waals surface area contributed by atoms with E-state index < -0.39 is 17.8 Å². The van der Waals surface area contributed by atoms with E-state index in [1.807, 2.05) is 0 Å². The normalized spacial score (nSPS) is 22.2. The number of carboxylic acids is 1. The largest absolute Gasteiger partial charge is 0.481 e. The third-order valence-electron chi connectivity index (χ3n) is 3.27. The van der Waals surface area contributed by atoms with Gasteiger partial charge in [-0.15, -0.1) is 0 Å². The van der Waals surface area contributed by atoms with Gasteiger partial charge in [0.25, 0.3) is 5.91 Å². The van der Waals surface area contributed by atoms with E-state index in [4.69, 9.17) is 15.6 Å². The van der Waals surface area contributed by atoms with Crippen molar-refractivity contribution in [3.05, 3.63) is 24.0 Å². The maximum absolute atomic E-state index is 11.1. The molecule has 0 saturated carbocycles. The number of aliphatic carboxylic acids is 1. The molecule has 1 aliphatic rings. The van der Waals surface area contributed by atoms with E-state index in [-0.39, 0.29) is 18.3 Å². The lowest BCUT2D eigenvalue weighted by Gasteiger charge is -2.28. The molecule has 0 radical (unpaired) electrons. The molecule has 7 heteroatoms. The molecule has 0 aliphatic carbocycles. The first-order chi connectivity index (χ1) is 9.00. The Morgan fingerprint density at radius 3 is 2.89 bits per heavy atom. The number of amides is 1. The van der Waals surface area contributed by atoms with E-state index in [0.717, 1.165) is 0 Å². The van der Waals surface area contributed by atoms with Crippen molar-refractivity contribution in [3.8, 4) is 0 Å². The molecule has 102 valence electrons. The van der Waals surface area contributed by atoms with Gasteiger partial charge in [-0.05, 0) is 12.1 Å². The molecule has 1 aliphatic heterocycles. The van der Waals surface area contributed by atoms with Crippen molar-refractivity contribution in [2.45, 2.75) is 6.04 Å². The van der Waals surface area contributed by atoms with Crippen LogP contribution in [0.4, 0.5) is 5.69 Å². The van der Waals surface area contributed by atoms with Crippen LogP contribution in [0.5, 0.6) is 0 Å². The first kappa shape index (κ1) is 13.3. The lowest BCUT2D eigenvalue weighted by molar-refractivity contribution is -0.141. The Morgan fingerprint density at radius 2 is 2.26 bits per heavy atom. The summed E-state index contributed by atoms with van der Waals surface area (Å²) in [6, 6.07) is 2.96. The molecule has 2 heterocycles.